The molecular weight excluding hydrogens is 422 g/mol. The Balaban J connectivity index is 1.46. The molecule has 32 heavy (non-hydrogen) atoms. The highest BCUT2D eigenvalue weighted by Gasteiger charge is 2.19. The van der Waals surface area contributed by atoms with Crippen LogP contribution in [0.5, 0.6) is 0 Å². The van der Waals surface area contributed by atoms with Crippen LogP contribution >= 0.6 is 11.8 Å². The van der Waals surface area contributed by atoms with Crippen molar-refractivity contribution in [2.75, 3.05) is 37.4 Å². The normalized spacial score (nSPS) is 14.0. The highest BCUT2D eigenvalue weighted by Crippen LogP contribution is 2.30. The number of aromatic nitrogens is 1. The van der Waals surface area contributed by atoms with Gasteiger partial charge in [-0.15, -0.1) is 11.8 Å². The smallest absolute Gasteiger partial charge is 0.242 e. The second-order valence-electron chi connectivity index (χ2n) is 8.24. The zero-order valence-corrected chi connectivity index (χ0v) is 19.6. The van der Waals surface area contributed by atoms with Gasteiger partial charge >= 0.3 is 0 Å². The molecule has 0 saturated carbocycles. The molecule has 1 saturated heterocycles. The van der Waals surface area contributed by atoms with Gasteiger partial charge in [0.2, 0.25) is 11.8 Å². The predicted octanol–water partition coefficient (Wildman–Crippen LogP) is 4.16. The molecule has 1 fully saturated rings. The number of hydrogen-bond acceptors (Lipinski definition) is 4. The van der Waals surface area contributed by atoms with E-state index in [0.29, 0.717) is 32.1 Å². The third-order valence-corrected chi connectivity index (χ3v) is 6.76. The van der Waals surface area contributed by atoms with E-state index >= 15 is 0 Å². The largest absolute Gasteiger partial charge is 0.378 e. The van der Waals surface area contributed by atoms with Crippen LogP contribution in [0.2, 0.25) is 0 Å². The van der Waals surface area contributed by atoms with E-state index in [9.17, 15) is 9.59 Å². The fourth-order valence-corrected chi connectivity index (χ4v) is 5.10. The Kier molecular flexibility index (Phi) is 6.86. The molecule has 0 bridgehead atoms. The SMILES string of the molecule is Cc1cc(C)c(NC(=O)CSc2cn(CC(=O)N3CCOCC3)c3ccccc23)c(C)c1. The first kappa shape index (κ1) is 22.4. The topological polar surface area (TPSA) is 63.6 Å². The monoisotopic (exact) mass is 451 g/mol. The summed E-state index contributed by atoms with van der Waals surface area (Å²) in [6.45, 7) is 8.83. The maximum Gasteiger partial charge on any atom is 0.242 e. The number of nitrogens with zero attached hydrogens (tertiary/aromatic N) is 2. The number of aryl methyl sites for hydroxylation is 3. The summed E-state index contributed by atoms with van der Waals surface area (Å²) in [4.78, 5) is 28.3. The van der Waals surface area contributed by atoms with Crippen LogP contribution in [0.25, 0.3) is 10.9 Å². The maximum absolute atomic E-state index is 12.8. The summed E-state index contributed by atoms with van der Waals surface area (Å²) < 4.78 is 7.34. The fourth-order valence-electron chi connectivity index (χ4n) is 4.21. The molecule has 0 aliphatic carbocycles. The van der Waals surface area contributed by atoms with Gasteiger partial charge in [0.1, 0.15) is 6.54 Å². The van der Waals surface area contributed by atoms with Crippen molar-refractivity contribution in [3.05, 3.63) is 59.3 Å². The fraction of sp³-hybridized carbons (Fsp3) is 0.360. The Labute approximate surface area is 192 Å². The lowest BCUT2D eigenvalue weighted by Gasteiger charge is -2.27. The van der Waals surface area contributed by atoms with E-state index in [-0.39, 0.29) is 18.4 Å². The number of hydrogen-bond donors (Lipinski definition) is 1. The van der Waals surface area contributed by atoms with Gasteiger partial charge in [0, 0.05) is 40.8 Å². The average molecular weight is 452 g/mol. The van der Waals surface area contributed by atoms with Crippen LogP contribution in [0.3, 0.4) is 0 Å². The molecule has 168 valence electrons. The van der Waals surface area contributed by atoms with Crippen molar-refractivity contribution in [2.45, 2.75) is 32.2 Å². The van der Waals surface area contributed by atoms with Crippen molar-refractivity contribution in [3.63, 3.8) is 0 Å². The molecule has 1 aliphatic heterocycles. The summed E-state index contributed by atoms with van der Waals surface area (Å²) in [5, 5.41) is 4.12. The number of ether oxygens (including phenoxy) is 1. The standard InChI is InChI=1S/C25H29N3O3S/c1-17-12-18(2)25(19(3)13-17)26-23(29)16-32-22-14-28(21-7-5-4-6-20(21)22)15-24(30)27-8-10-31-11-9-27/h4-7,12-14H,8-11,15-16H2,1-3H3,(H,26,29). The number of carbonyl (C=O) groups is 2. The lowest BCUT2D eigenvalue weighted by atomic mass is 10.1. The molecule has 4 rings (SSSR count). The second kappa shape index (κ2) is 9.79. The van der Waals surface area contributed by atoms with E-state index in [4.69, 9.17) is 4.74 Å². The lowest BCUT2D eigenvalue weighted by molar-refractivity contribution is -0.135. The summed E-state index contributed by atoms with van der Waals surface area (Å²) >= 11 is 1.50. The Morgan fingerprint density at radius 1 is 1.06 bits per heavy atom. The molecule has 1 aliphatic rings. The van der Waals surface area contributed by atoms with E-state index in [1.54, 1.807) is 0 Å². The van der Waals surface area contributed by atoms with E-state index in [1.807, 2.05) is 53.8 Å². The quantitative estimate of drug-likeness (QED) is 0.572. The van der Waals surface area contributed by atoms with Crippen LogP contribution < -0.4 is 5.32 Å². The van der Waals surface area contributed by atoms with Crippen molar-refractivity contribution in [1.29, 1.82) is 0 Å². The average Bonchev–Trinajstić information content (AvgIpc) is 3.13. The molecule has 2 heterocycles. The van der Waals surface area contributed by atoms with Crippen LogP contribution in [0.4, 0.5) is 5.69 Å². The third kappa shape index (κ3) is 5.00. The molecule has 0 radical (unpaired) electrons. The molecule has 7 heteroatoms. The minimum atomic E-state index is -0.0359. The number of para-hydroxylation sites is 1. The zero-order chi connectivity index (χ0) is 22.7. The summed E-state index contributed by atoms with van der Waals surface area (Å²) in [5.41, 5.74) is 5.21. The lowest BCUT2D eigenvalue weighted by Crippen LogP contribution is -2.42. The van der Waals surface area contributed by atoms with Crippen LogP contribution in [0.1, 0.15) is 16.7 Å². The van der Waals surface area contributed by atoms with Gasteiger partial charge < -0.3 is 19.5 Å². The molecule has 0 atom stereocenters. The van der Waals surface area contributed by atoms with Gasteiger partial charge in [0.05, 0.1) is 19.0 Å². The number of anilines is 1. The molecule has 0 spiro atoms. The van der Waals surface area contributed by atoms with Gasteiger partial charge in [-0.25, -0.2) is 0 Å². The number of amides is 2. The summed E-state index contributed by atoms with van der Waals surface area (Å²) in [6.07, 6.45) is 1.99. The molecule has 1 aromatic heterocycles. The Hall–Kier alpha value is -2.77. The van der Waals surface area contributed by atoms with E-state index in [1.165, 1.54) is 17.3 Å². The first-order valence-corrected chi connectivity index (χ1v) is 11.8. The maximum atomic E-state index is 12.8. The summed E-state index contributed by atoms with van der Waals surface area (Å²) in [7, 11) is 0. The number of fused-ring (bicyclic) bond motifs is 1. The Bertz CT molecular complexity index is 1130. The minimum absolute atomic E-state index is 0.0359. The van der Waals surface area contributed by atoms with Gasteiger partial charge in [0.15, 0.2) is 0 Å². The highest BCUT2D eigenvalue weighted by molar-refractivity contribution is 8.00. The molecule has 2 amide bonds. The number of morpholine rings is 1. The molecule has 3 aromatic rings. The van der Waals surface area contributed by atoms with Gasteiger partial charge in [-0.1, -0.05) is 35.9 Å². The van der Waals surface area contributed by atoms with Crippen LogP contribution in [0, 0.1) is 20.8 Å². The number of thioether (sulfide) groups is 1. The van der Waals surface area contributed by atoms with Crippen LogP contribution in [-0.4, -0.2) is 53.3 Å². The van der Waals surface area contributed by atoms with E-state index in [0.717, 1.165) is 32.6 Å². The second-order valence-corrected chi connectivity index (χ2v) is 9.26. The molecule has 6 nitrogen and oxygen atoms in total. The van der Waals surface area contributed by atoms with Crippen molar-refractivity contribution in [2.24, 2.45) is 0 Å². The van der Waals surface area contributed by atoms with Gasteiger partial charge in [0.25, 0.3) is 0 Å². The number of carbonyl (C=O) groups excluding carboxylic acids is 2. The molecule has 0 unspecified atom stereocenters. The van der Waals surface area contributed by atoms with Gasteiger partial charge in [-0.3, -0.25) is 9.59 Å². The Morgan fingerprint density at radius 3 is 2.47 bits per heavy atom. The number of nitrogens with one attached hydrogen (secondary N) is 1. The van der Waals surface area contributed by atoms with E-state index < -0.39 is 0 Å². The zero-order valence-electron chi connectivity index (χ0n) is 18.8. The highest BCUT2D eigenvalue weighted by atomic mass is 32.2. The van der Waals surface area contributed by atoms with Crippen LogP contribution in [-0.2, 0) is 20.9 Å². The van der Waals surface area contributed by atoms with Gasteiger partial charge in [-0.05, 0) is 38.0 Å². The third-order valence-electron chi connectivity index (χ3n) is 5.72. The number of rotatable bonds is 6. The molecule has 1 N–H and O–H groups in total. The predicted molar refractivity (Wildman–Crippen MR) is 129 cm³/mol. The van der Waals surface area contributed by atoms with E-state index in [2.05, 4.69) is 24.4 Å². The first-order chi connectivity index (χ1) is 15.4. The first-order valence-electron chi connectivity index (χ1n) is 10.9. The number of benzene rings is 2. The van der Waals surface area contributed by atoms with Crippen molar-refractivity contribution < 1.29 is 14.3 Å². The van der Waals surface area contributed by atoms with Gasteiger partial charge in [-0.2, -0.15) is 0 Å². The summed E-state index contributed by atoms with van der Waals surface area (Å²) in [5.74, 6) is 0.359. The van der Waals surface area contributed by atoms with Crippen molar-refractivity contribution >= 4 is 40.2 Å². The van der Waals surface area contributed by atoms with Crippen molar-refractivity contribution in [3.8, 4) is 0 Å². The molecule has 2 aromatic carbocycles. The Morgan fingerprint density at radius 2 is 1.75 bits per heavy atom. The van der Waals surface area contributed by atoms with Crippen molar-refractivity contribution in [1.82, 2.24) is 9.47 Å². The molecular formula is C25H29N3O3S. The summed E-state index contributed by atoms with van der Waals surface area (Å²) in [6, 6.07) is 12.2. The van der Waals surface area contributed by atoms with Crippen LogP contribution in [0.15, 0.2) is 47.5 Å². The minimum Gasteiger partial charge on any atom is -0.378 e.